The van der Waals surface area contributed by atoms with Crippen LogP contribution in [0.15, 0.2) is 18.3 Å². The number of ether oxygens (including phenoxy) is 1. The van der Waals surface area contributed by atoms with E-state index in [2.05, 4.69) is 41.3 Å². The number of hydrogen-bond acceptors (Lipinski definition) is 4. The fraction of sp³-hybridized carbons (Fsp3) is 0.429. The van der Waals surface area contributed by atoms with Crippen molar-refractivity contribution in [2.45, 2.75) is 39.8 Å². The molecule has 0 aliphatic heterocycles. The molecule has 0 saturated heterocycles. The number of halogens is 1. The van der Waals surface area contributed by atoms with Gasteiger partial charge in [-0.05, 0) is 39.3 Å². The van der Waals surface area contributed by atoms with Crippen LogP contribution in [0.4, 0.5) is 0 Å². The van der Waals surface area contributed by atoms with Gasteiger partial charge in [0, 0.05) is 30.0 Å². The van der Waals surface area contributed by atoms with Crippen LogP contribution >= 0.6 is 11.6 Å². The van der Waals surface area contributed by atoms with Crippen molar-refractivity contribution in [3.8, 4) is 11.8 Å². The summed E-state index contributed by atoms with van der Waals surface area (Å²) in [6.45, 7) is 8.94. The van der Waals surface area contributed by atoms with Crippen LogP contribution in [0.25, 0.3) is 0 Å². The molecule has 0 atom stereocenters. The molecular weight excluding hydrogens is 276 g/mol. The van der Waals surface area contributed by atoms with Gasteiger partial charge < -0.3 is 10.1 Å². The molecule has 0 unspecified atom stereocenters. The summed E-state index contributed by atoms with van der Waals surface area (Å²) < 4.78 is 5.52. The Bertz CT molecular complexity index is 589. The molecule has 2 heterocycles. The van der Waals surface area contributed by atoms with Gasteiger partial charge in [0.1, 0.15) is 5.02 Å². The SMILES string of the molecule is Cc1cc(Oc2ncc(CNC(C)(C)C)cc2Cl)n[nH]1. The summed E-state index contributed by atoms with van der Waals surface area (Å²) >= 11 is 6.18. The maximum atomic E-state index is 6.18. The third-order valence-electron chi connectivity index (χ3n) is 2.57. The Morgan fingerprint density at radius 3 is 2.65 bits per heavy atom. The summed E-state index contributed by atoms with van der Waals surface area (Å²) in [7, 11) is 0. The second-order valence-corrected chi connectivity index (χ2v) is 6.13. The van der Waals surface area contributed by atoms with E-state index in [4.69, 9.17) is 16.3 Å². The van der Waals surface area contributed by atoms with Crippen molar-refractivity contribution in [2.75, 3.05) is 0 Å². The number of H-pyrrole nitrogens is 1. The normalized spacial score (nSPS) is 11.7. The Hall–Kier alpha value is -1.59. The van der Waals surface area contributed by atoms with Crippen molar-refractivity contribution in [3.05, 3.63) is 34.6 Å². The van der Waals surface area contributed by atoms with Crippen molar-refractivity contribution >= 4 is 11.6 Å². The summed E-state index contributed by atoms with van der Waals surface area (Å²) in [4.78, 5) is 4.24. The van der Waals surface area contributed by atoms with Gasteiger partial charge in [0.25, 0.3) is 0 Å². The zero-order valence-corrected chi connectivity index (χ0v) is 12.9. The predicted octanol–water partition coefficient (Wildman–Crippen LogP) is 3.45. The van der Waals surface area contributed by atoms with E-state index in [1.807, 2.05) is 13.0 Å². The molecule has 2 aromatic heterocycles. The minimum Gasteiger partial charge on any atom is -0.417 e. The van der Waals surface area contributed by atoms with E-state index in [9.17, 15) is 0 Å². The zero-order chi connectivity index (χ0) is 14.8. The fourth-order valence-corrected chi connectivity index (χ4v) is 1.78. The van der Waals surface area contributed by atoms with Crippen LogP contribution in [0.1, 0.15) is 32.0 Å². The van der Waals surface area contributed by atoms with Crippen LogP contribution in [-0.2, 0) is 6.54 Å². The number of hydrogen-bond donors (Lipinski definition) is 2. The van der Waals surface area contributed by atoms with E-state index in [1.54, 1.807) is 12.3 Å². The first kappa shape index (κ1) is 14.8. The van der Waals surface area contributed by atoms with Gasteiger partial charge in [0.2, 0.25) is 11.8 Å². The van der Waals surface area contributed by atoms with Crippen molar-refractivity contribution in [2.24, 2.45) is 0 Å². The van der Waals surface area contributed by atoms with Crippen LogP contribution in [0, 0.1) is 6.92 Å². The minimum absolute atomic E-state index is 0.0498. The van der Waals surface area contributed by atoms with E-state index >= 15 is 0 Å². The van der Waals surface area contributed by atoms with Crippen molar-refractivity contribution < 1.29 is 4.74 Å². The summed E-state index contributed by atoms with van der Waals surface area (Å²) in [6, 6.07) is 3.63. The molecule has 0 radical (unpaired) electrons. The molecule has 0 aromatic carbocycles. The highest BCUT2D eigenvalue weighted by molar-refractivity contribution is 6.31. The molecule has 0 spiro atoms. The molecule has 20 heavy (non-hydrogen) atoms. The summed E-state index contributed by atoms with van der Waals surface area (Å²) in [5, 5.41) is 10.6. The number of rotatable bonds is 4. The van der Waals surface area contributed by atoms with E-state index in [1.165, 1.54) is 0 Å². The van der Waals surface area contributed by atoms with Gasteiger partial charge in [-0.3, -0.25) is 5.10 Å². The minimum atomic E-state index is 0.0498. The molecule has 2 N–H and O–H groups in total. The highest BCUT2D eigenvalue weighted by Crippen LogP contribution is 2.26. The first-order valence-electron chi connectivity index (χ1n) is 6.43. The van der Waals surface area contributed by atoms with Crippen molar-refractivity contribution in [1.29, 1.82) is 0 Å². The molecule has 108 valence electrons. The van der Waals surface area contributed by atoms with Crippen LogP contribution in [0.5, 0.6) is 11.8 Å². The quantitative estimate of drug-likeness (QED) is 0.906. The summed E-state index contributed by atoms with van der Waals surface area (Å²) in [5.74, 6) is 0.815. The zero-order valence-electron chi connectivity index (χ0n) is 12.1. The highest BCUT2D eigenvalue weighted by atomic mass is 35.5. The maximum Gasteiger partial charge on any atom is 0.240 e. The molecule has 0 bridgehead atoms. The Labute approximate surface area is 123 Å². The van der Waals surface area contributed by atoms with Gasteiger partial charge in [-0.2, -0.15) is 0 Å². The fourth-order valence-electron chi connectivity index (χ4n) is 1.55. The van der Waals surface area contributed by atoms with Crippen LogP contribution < -0.4 is 10.1 Å². The lowest BCUT2D eigenvalue weighted by Crippen LogP contribution is -2.35. The molecule has 0 aliphatic carbocycles. The van der Waals surface area contributed by atoms with E-state index in [0.29, 0.717) is 23.3 Å². The number of aryl methyl sites for hydroxylation is 1. The third kappa shape index (κ3) is 4.21. The van der Waals surface area contributed by atoms with Gasteiger partial charge >= 0.3 is 0 Å². The summed E-state index contributed by atoms with van der Waals surface area (Å²) in [6.07, 6.45) is 1.75. The van der Waals surface area contributed by atoms with Crippen molar-refractivity contribution in [3.63, 3.8) is 0 Å². The van der Waals surface area contributed by atoms with Gasteiger partial charge in [0.15, 0.2) is 0 Å². The Balaban J connectivity index is 2.06. The molecule has 0 aliphatic rings. The van der Waals surface area contributed by atoms with Gasteiger partial charge in [-0.25, -0.2) is 4.98 Å². The van der Waals surface area contributed by atoms with Gasteiger partial charge in [-0.1, -0.05) is 11.6 Å². The monoisotopic (exact) mass is 294 g/mol. The molecule has 5 nitrogen and oxygen atoms in total. The third-order valence-corrected chi connectivity index (χ3v) is 2.84. The van der Waals surface area contributed by atoms with E-state index < -0.39 is 0 Å². The maximum absolute atomic E-state index is 6.18. The standard InChI is InChI=1S/C14H19ClN4O/c1-9-5-12(19-18-9)20-13-11(15)6-10(7-16-13)8-17-14(2,3)4/h5-7,17H,8H2,1-4H3,(H,18,19). The van der Waals surface area contributed by atoms with Crippen molar-refractivity contribution in [1.82, 2.24) is 20.5 Å². The average molecular weight is 295 g/mol. The Morgan fingerprint density at radius 1 is 1.35 bits per heavy atom. The van der Waals surface area contributed by atoms with E-state index in [0.717, 1.165) is 11.3 Å². The average Bonchev–Trinajstić information content (AvgIpc) is 2.74. The molecule has 2 rings (SSSR count). The lowest BCUT2D eigenvalue weighted by molar-refractivity contribution is 0.422. The first-order valence-corrected chi connectivity index (χ1v) is 6.80. The van der Waals surface area contributed by atoms with Crippen LogP contribution in [-0.4, -0.2) is 20.7 Å². The Kier molecular flexibility index (Phi) is 4.30. The number of nitrogens with zero attached hydrogens (tertiary/aromatic N) is 2. The number of nitrogens with one attached hydrogen (secondary N) is 2. The predicted molar refractivity (Wildman–Crippen MR) is 79.2 cm³/mol. The molecule has 2 aromatic rings. The molecule has 0 fully saturated rings. The lowest BCUT2D eigenvalue weighted by atomic mass is 10.1. The Morgan fingerprint density at radius 2 is 2.10 bits per heavy atom. The second kappa shape index (κ2) is 5.81. The smallest absolute Gasteiger partial charge is 0.240 e. The van der Waals surface area contributed by atoms with Gasteiger partial charge in [0.05, 0.1) is 0 Å². The number of aromatic amines is 1. The number of aromatic nitrogens is 3. The molecule has 6 heteroatoms. The topological polar surface area (TPSA) is 62.8 Å². The van der Waals surface area contributed by atoms with Gasteiger partial charge in [-0.15, -0.1) is 5.10 Å². The molecule has 0 amide bonds. The van der Waals surface area contributed by atoms with Crippen LogP contribution in [0.2, 0.25) is 5.02 Å². The van der Waals surface area contributed by atoms with E-state index in [-0.39, 0.29) is 5.54 Å². The summed E-state index contributed by atoms with van der Waals surface area (Å²) in [5.41, 5.74) is 1.98. The lowest BCUT2D eigenvalue weighted by Gasteiger charge is -2.20. The first-order chi connectivity index (χ1) is 9.33. The van der Waals surface area contributed by atoms with Crippen LogP contribution in [0.3, 0.4) is 0 Å². The number of pyridine rings is 1. The molecule has 0 saturated carbocycles. The largest absolute Gasteiger partial charge is 0.417 e. The highest BCUT2D eigenvalue weighted by Gasteiger charge is 2.11. The molecular formula is C14H19ClN4O. The second-order valence-electron chi connectivity index (χ2n) is 5.73.